The first-order chi connectivity index (χ1) is 12.5. The number of ketones is 1. The van der Waals surface area contributed by atoms with Crippen molar-refractivity contribution in [2.24, 2.45) is 17.8 Å². The molecule has 4 atom stereocenters. The van der Waals surface area contributed by atoms with Crippen LogP contribution in [0.5, 0.6) is 5.88 Å². The molecule has 4 rings (SSSR count). The van der Waals surface area contributed by atoms with Crippen molar-refractivity contribution in [1.29, 1.82) is 0 Å². The summed E-state index contributed by atoms with van der Waals surface area (Å²) in [5.41, 5.74) is 1.86. The van der Waals surface area contributed by atoms with Crippen molar-refractivity contribution in [3.63, 3.8) is 0 Å². The van der Waals surface area contributed by atoms with Crippen LogP contribution in [-0.4, -0.2) is 32.1 Å². The maximum absolute atomic E-state index is 12.5. The highest BCUT2D eigenvalue weighted by Gasteiger charge is 2.53. The molecule has 2 aromatic heterocycles. The number of aldehydes is 1. The minimum absolute atomic E-state index is 0.00584. The molecule has 2 aliphatic carbocycles. The Bertz CT molecular complexity index is 883. The fourth-order valence-corrected chi connectivity index (χ4v) is 4.86. The second-order valence-corrected chi connectivity index (χ2v) is 7.63. The summed E-state index contributed by atoms with van der Waals surface area (Å²) >= 11 is 0. The van der Waals surface area contributed by atoms with Gasteiger partial charge < -0.3 is 9.90 Å². The molecule has 1 fully saturated rings. The Morgan fingerprint density at radius 3 is 2.69 bits per heavy atom. The zero-order valence-corrected chi connectivity index (χ0v) is 14.8. The highest BCUT2D eigenvalue weighted by molar-refractivity contribution is 5.96. The number of aromatic hydroxyl groups is 1. The number of rotatable bonds is 2. The topological polar surface area (TPSA) is 93.0 Å². The maximum atomic E-state index is 12.5. The standard InChI is InChI=1S/C20H21N3O3/c1-11-15-4-3-14-17(20(15,2)9-13(10-24)16(11)25)22-18(23-19(14)26)12-5-7-21-8-6-12/h5-8,10-11,13,15H,3-4,9H2,1-2H3,(H,22,23,26)/t11-,13?,15-,20-/m1/s1. The van der Waals surface area contributed by atoms with Gasteiger partial charge in [0.1, 0.15) is 12.1 Å². The van der Waals surface area contributed by atoms with Gasteiger partial charge >= 0.3 is 0 Å². The first-order valence-corrected chi connectivity index (χ1v) is 8.95. The van der Waals surface area contributed by atoms with Crippen molar-refractivity contribution in [1.82, 2.24) is 15.0 Å². The highest BCUT2D eigenvalue weighted by atomic mass is 16.3. The van der Waals surface area contributed by atoms with Gasteiger partial charge in [0.05, 0.1) is 11.6 Å². The van der Waals surface area contributed by atoms with E-state index >= 15 is 0 Å². The van der Waals surface area contributed by atoms with E-state index in [2.05, 4.69) is 16.9 Å². The van der Waals surface area contributed by atoms with E-state index in [0.29, 0.717) is 18.7 Å². The van der Waals surface area contributed by atoms with Crippen molar-refractivity contribution < 1.29 is 14.7 Å². The van der Waals surface area contributed by atoms with Gasteiger partial charge in [0.25, 0.3) is 0 Å². The molecule has 0 aromatic carbocycles. The largest absolute Gasteiger partial charge is 0.493 e. The average molecular weight is 351 g/mol. The van der Waals surface area contributed by atoms with E-state index < -0.39 is 11.3 Å². The smallest absolute Gasteiger partial charge is 0.217 e. The average Bonchev–Trinajstić information content (AvgIpc) is 2.65. The third-order valence-electron chi connectivity index (χ3n) is 6.21. The van der Waals surface area contributed by atoms with Crippen LogP contribution in [0.3, 0.4) is 0 Å². The number of Topliss-reactive ketones (excluding diaryl/α,β-unsaturated/α-hetero) is 1. The molecule has 2 heterocycles. The number of nitrogens with zero attached hydrogens (tertiary/aromatic N) is 3. The van der Waals surface area contributed by atoms with Crippen LogP contribution in [0.2, 0.25) is 0 Å². The van der Waals surface area contributed by atoms with E-state index in [1.807, 2.05) is 6.92 Å². The molecule has 0 aliphatic heterocycles. The lowest BCUT2D eigenvalue weighted by molar-refractivity contribution is -0.137. The fourth-order valence-electron chi connectivity index (χ4n) is 4.86. The predicted molar refractivity (Wildman–Crippen MR) is 94.4 cm³/mol. The van der Waals surface area contributed by atoms with E-state index in [4.69, 9.17) is 4.98 Å². The van der Waals surface area contributed by atoms with Crippen molar-refractivity contribution >= 4 is 12.1 Å². The third-order valence-corrected chi connectivity index (χ3v) is 6.21. The Morgan fingerprint density at radius 1 is 1.27 bits per heavy atom. The van der Waals surface area contributed by atoms with Crippen LogP contribution in [0, 0.1) is 17.8 Å². The highest BCUT2D eigenvalue weighted by Crippen LogP contribution is 2.52. The summed E-state index contributed by atoms with van der Waals surface area (Å²) in [7, 11) is 0. The molecular weight excluding hydrogens is 330 g/mol. The van der Waals surface area contributed by atoms with Gasteiger partial charge in [-0.25, -0.2) is 4.98 Å². The number of aromatic nitrogens is 3. The lowest BCUT2D eigenvalue weighted by Crippen LogP contribution is -2.51. The molecule has 1 unspecified atom stereocenters. The lowest BCUT2D eigenvalue weighted by atomic mass is 9.54. The molecule has 0 spiro atoms. The predicted octanol–water partition coefficient (Wildman–Crippen LogP) is 2.49. The van der Waals surface area contributed by atoms with Gasteiger partial charge in [-0.2, -0.15) is 4.98 Å². The molecule has 2 aliphatic rings. The van der Waals surface area contributed by atoms with E-state index in [0.717, 1.165) is 29.5 Å². The fraction of sp³-hybridized carbons (Fsp3) is 0.450. The van der Waals surface area contributed by atoms with E-state index in [9.17, 15) is 14.7 Å². The summed E-state index contributed by atoms with van der Waals surface area (Å²) in [5, 5.41) is 10.5. The van der Waals surface area contributed by atoms with Crippen molar-refractivity contribution in [2.45, 2.75) is 38.5 Å². The van der Waals surface area contributed by atoms with Gasteiger partial charge in [0, 0.05) is 34.9 Å². The molecular formula is C20H21N3O3. The van der Waals surface area contributed by atoms with E-state index in [1.165, 1.54) is 0 Å². The van der Waals surface area contributed by atoms with Gasteiger partial charge in [-0.1, -0.05) is 13.8 Å². The minimum atomic E-state index is -0.612. The molecule has 134 valence electrons. The summed E-state index contributed by atoms with van der Waals surface area (Å²) in [6.07, 6.45) is 5.94. The van der Waals surface area contributed by atoms with Crippen LogP contribution in [0.1, 0.15) is 37.9 Å². The number of carbonyl (C=O) groups is 2. The quantitative estimate of drug-likeness (QED) is 0.660. The molecule has 0 bridgehead atoms. The molecule has 1 N–H and O–H groups in total. The molecule has 0 radical (unpaired) electrons. The van der Waals surface area contributed by atoms with Gasteiger partial charge in [-0.15, -0.1) is 0 Å². The number of hydrogen-bond acceptors (Lipinski definition) is 6. The van der Waals surface area contributed by atoms with Crippen LogP contribution < -0.4 is 0 Å². The van der Waals surface area contributed by atoms with Gasteiger partial charge in [-0.05, 0) is 37.3 Å². The number of pyridine rings is 1. The van der Waals surface area contributed by atoms with Crippen LogP contribution in [0.25, 0.3) is 11.4 Å². The summed E-state index contributed by atoms with van der Waals surface area (Å²) in [6, 6.07) is 3.59. The van der Waals surface area contributed by atoms with Crippen molar-refractivity contribution in [3.05, 3.63) is 35.8 Å². The first kappa shape index (κ1) is 16.8. The Labute approximate surface area is 151 Å². The monoisotopic (exact) mass is 351 g/mol. The third kappa shape index (κ3) is 2.35. The summed E-state index contributed by atoms with van der Waals surface area (Å²) in [5.74, 6) is -0.236. The Balaban J connectivity index is 1.88. The second-order valence-electron chi connectivity index (χ2n) is 7.63. The van der Waals surface area contributed by atoms with Crippen LogP contribution in [0.4, 0.5) is 0 Å². The zero-order valence-electron chi connectivity index (χ0n) is 14.8. The Kier molecular flexibility index (Phi) is 3.86. The van der Waals surface area contributed by atoms with Crippen molar-refractivity contribution in [3.8, 4) is 17.3 Å². The molecule has 26 heavy (non-hydrogen) atoms. The lowest BCUT2D eigenvalue weighted by Gasteiger charge is -2.49. The van der Waals surface area contributed by atoms with Gasteiger partial charge in [0.15, 0.2) is 5.82 Å². The first-order valence-electron chi connectivity index (χ1n) is 8.95. The molecule has 6 nitrogen and oxygen atoms in total. The Morgan fingerprint density at radius 2 is 2.00 bits per heavy atom. The number of fused-ring (bicyclic) bond motifs is 3. The molecule has 1 saturated carbocycles. The van der Waals surface area contributed by atoms with Crippen LogP contribution in [0.15, 0.2) is 24.5 Å². The molecule has 6 heteroatoms. The molecule has 2 aromatic rings. The normalized spacial score (nSPS) is 30.4. The van der Waals surface area contributed by atoms with E-state index in [-0.39, 0.29) is 23.5 Å². The maximum Gasteiger partial charge on any atom is 0.217 e. The second kappa shape index (κ2) is 5.97. The summed E-state index contributed by atoms with van der Waals surface area (Å²) < 4.78 is 0. The van der Waals surface area contributed by atoms with Crippen LogP contribution in [-0.2, 0) is 21.4 Å². The van der Waals surface area contributed by atoms with E-state index in [1.54, 1.807) is 24.5 Å². The summed E-state index contributed by atoms with van der Waals surface area (Å²) in [4.78, 5) is 37.1. The summed E-state index contributed by atoms with van der Waals surface area (Å²) in [6.45, 7) is 3.98. The van der Waals surface area contributed by atoms with Gasteiger partial charge in [0.2, 0.25) is 5.88 Å². The molecule has 0 saturated heterocycles. The van der Waals surface area contributed by atoms with Crippen molar-refractivity contribution in [2.75, 3.05) is 0 Å². The zero-order chi connectivity index (χ0) is 18.5. The molecule has 0 amide bonds. The van der Waals surface area contributed by atoms with Gasteiger partial charge in [-0.3, -0.25) is 9.78 Å². The minimum Gasteiger partial charge on any atom is -0.493 e. The number of hydrogen-bond donors (Lipinski definition) is 1. The Hall–Kier alpha value is -2.63. The van der Waals surface area contributed by atoms with Crippen LogP contribution >= 0.6 is 0 Å². The number of carbonyl (C=O) groups excluding carboxylic acids is 2. The SMILES string of the molecule is C[C@H]1C(=O)C(C=O)C[C@@]2(C)c3nc(-c4ccncc4)nc(O)c3CC[C@H]12.